The van der Waals surface area contributed by atoms with Gasteiger partial charge in [-0.25, -0.2) is 9.18 Å². The molecule has 0 spiro atoms. The van der Waals surface area contributed by atoms with Crippen LogP contribution in [0, 0.1) is 5.82 Å². The SMILES string of the molecule is COC(=O)c1ccc(OC)c(NC(=S)Nc2ccc(F)cc2)c1. The first-order valence-corrected chi connectivity index (χ1v) is 7.04. The number of thiocarbonyl (C=S) groups is 1. The smallest absolute Gasteiger partial charge is 0.337 e. The highest BCUT2D eigenvalue weighted by Gasteiger charge is 2.11. The second-order valence-electron chi connectivity index (χ2n) is 4.49. The van der Waals surface area contributed by atoms with Crippen molar-refractivity contribution in [2.45, 2.75) is 0 Å². The molecule has 0 heterocycles. The summed E-state index contributed by atoms with van der Waals surface area (Å²) >= 11 is 5.21. The molecule has 0 aliphatic rings. The Balaban J connectivity index is 2.15. The fraction of sp³-hybridized carbons (Fsp3) is 0.125. The number of hydrogen-bond donors (Lipinski definition) is 2. The van der Waals surface area contributed by atoms with Gasteiger partial charge in [-0.15, -0.1) is 0 Å². The number of esters is 1. The summed E-state index contributed by atoms with van der Waals surface area (Å²) in [6.45, 7) is 0. The van der Waals surface area contributed by atoms with E-state index in [9.17, 15) is 9.18 Å². The van der Waals surface area contributed by atoms with Crippen molar-refractivity contribution in [1.82, 2.24) is 0 Å². The summed E-state index contributed by atoms with van der Waals surface area (Å²) in [7, 11) is 2.81. The number of halogens is 1. The molecule has 120 valence electrons. The number of methoxy groups -OCH3 is 2. The molecule has 0 bridgehead atoms. The molecule has 7 heteroatoms. The molecule has 2 N–H and O–H groups in total. The molecule has 0 radical (unpaired) electrons. The summed E-state index contributed by atoms with van der Waals surface area (Å²) in [5.74, 6) is -0.282. The predicted octanol–water partition coefficient (Wildman–Crippen LogP) is 3.43. The van der Waals surface area contributed by atoms with Gasteiger partial charge in [0, 0.05) is 5.69 Å². The molecule has 0 aromatic heterocycles. The maximum absolute atomic E-state index is 12.9. The second kappa shape index (κ2) is 7.55. The fourth-order valence-corrected chi connectivity index (χ4v) is 2.10. The van der Waals surface area contributed by atoms with Crippen LogP contribution < -0.4 is 15.4 Å². The van der Waals surface area contributed by atoms with Gasteiger partial charge in [-0.3, -0.25) is 0 Å². The lowest BCUT2D eigenvalue weighted by Gasteiger charge is -2.14. The number of benzene rings is 2. The van der Waals surface area contributed by atoms with Crippen molar-refractivity contribution in [2.24, 2.45) is 0 Å². The largest absolute Gasteiger partial charge is 0.495 e. The van der Waals surface area contributed by atoms with E-state index in [1.54, 1.807) is 30.3 Å². The predicted molar refractivity (Wildman–Crippen MR) is 90.6 cm³/mol. The zero-order valence-corrected chi connectivity index (χ0v) is 13.4. The first-order valence-electron chi connectivity index (χ1n) is 6.63. The van der Waals surface area contributed by atoms with Crippen LogP contribution in [-0.4, -0.2) is 25.3 Å². The Labute approximate surface area is 138 Å². The minimum absolute atomic E-state index is 0.275. The van der Waals surface area contributed by atoms with Gasteiger partial charge in [-0.2, -0.15) is 0 Å². The molecule has 0 aliphatic carbocycles. The zero-order valence-electron chi connectivity index (χ0n) is 12.6. The minimum atomic E-state index is -0.465. The number of anilines is 2. The standard InChI is InChI=1S/C16H15FN2O3S/c1-21-14-8-3-10(15(20)22-2)9-13(14)19-16(23)18-12-6-4-11(17)5-7-12/h3-9H,1-2H3,(H2,18,19,23). The zero-order chi connectivity index (χ0) is 16.8. The van der Waals surface area contributed by atoms with Crippen LogP contribution in [0.2, 0.25) is 0 Å². The summed E-state index contributed by atoms with van der Waals surface area (Å²) in [4.78, 5) is 11.6. The summed E-state index contributed by atoms with van der Waals surface area (Å²) in [6, 6.07) is 10.6. The maximum atomic E-state index is 12.9. The van der Waals surface area contributed by atoms with Crippen LogP contribution in [0.25, 0.3) is 0 Å². The van der Waals surface area contributed by atoms with Gasteiger partial charge in [0.25, 0.3) is 0 Å². The van der Waals surface area contributed by atoms with Crippen molar-refractivity contribution < 1.29 is 18.7 Å². The molecular weight excluding hydrogens is 319 g/mol. The lowest BCUT2D eigenvalue weighted by molar-refractivity contribution is 0.0601. The van der Waals surface area contributed by atoms with E-state index in [-0.39, 0.29) is 10.9 Å². The Bertz CT molecular complexity index is 720. The number of ether oxygens (including phenoxy) is 2. The lowest BCUT2D eigenvalue weighted by Crippen LogP contribution is -2.19. The van der Waals surface area contributed by atoms with Crippen LogP contribution >= 0.6 is 12.2 Å². The second-order valence-corrected chi connectivity index (χ2v) is 4.90. The van der Waals surface area contributed by atoms with Crippen molar-refractivity contribution in [3.05, 3.63) is 53.8 Å². The number of carbonyl (C=O) groups excluding carboxylic acids is 1. The molecule has 2 aromatic carbocycles. The molecule has 0 amide bonds. The molecule has 2 aromatic rings. The Morgan fingerprint density at radius 1 is 1.09 bits per heavy atom. The van der Waals surface area contributed by atoms with E-state index in [1.807, 2.05) is 0 Å². The quantitative estimate of drug-likeness (QED) is 0.660. The van der Waals surface area contributed by atoms with Gasteiger partial charge < -0.3 is 20.1 Å². The normalized spacial score (nSPS) is 9.87. The van der Waals surface area contributed by atoms with Gasteiger partial charge in [-0.1, -0.05) is 0 Å². The minimum Gasteiger partial charge on any atom is -0.495 e. The Kier molecular flexibility index (Phi) is 5.48. The molecule has 2 rings (SSSR count). The number of carbonyl (C=O) groups is 1. The first-order chi connectivity index (χ1) is 11.0. The average molecular weight is 334 g/mol. The highest BCUT2D eigenvalue weighted by Crippen LogP contribution is 2.26. The molecule has 0 fully saturated rings. The van der Waals surface area contributed by atoms with Crippen molar-refractivity contribution in [1.29, 1.82) is 0 Å². The van der Waals surface area contributed by atoms with Gasteiger partial charge in [0.15, 0.2) is 5.11 Å². The highest BCUT2D eigenvalue weighted by atomic mass is 32.1. The van der Waals surface area contributed by atoms with Crippen molar-refractivity contribution in [2.75, 3.05) is 24.9 Å². The van der Waals surface area contributed by atoms with E-state index in [4.69, 9.17) is 17.0 Å². The average Bonchev–Trinajstić information content (AvgIpc) is 2.56. The number of rotatable bonds is 4. The third-order valence-corrected chi connectivity index (χ3v) is 3.17. The van der Waals surface area contributed by atoms with Gasteiger partial charge >= 0.3 is 5.97 Å². The Hall–Kier alpha value is -2.67. The van der Waals surface area contributed by atoms with Gasteiger partial charge in [0.05, 0.1) is 25.5 Å². The molecule has 23 heavy (non-hydrogen) atoms. The molecule has 0 atom stereocenters. The van der Waals surface area contributed by atoms with Crippen molar-refractivity contribution in [3.8, 4) is 5.75 Å². The van der Waals surface area contributed by atoms with Gasteiger partial charge in [-0.05, 0) is 54.7 Å². The summed E-state index contributed by atoms with van der Waals surface area (Å²) in [6.07, 6.45) is 0. The monoisotopic (exact) mass is 334 g/mol. The molecule has 0 saturated heterocycles. The summed E-state index contributed by atoms with van der Waals surface area (Å²) < 4.78 is 22.8. The molecular formula is C16H15FN2O3S. The number of nitrogens with one attached hydrogen (secondary N) is 2. The third kappa shape index (κ3) is 4.40. The molecule has 5 nitrogen and oxygen atoms in total. The van der Waals surface area contributed by atoms with Gasteiger partial charge in [0.2, 0.25) is 0 Å². The molecule has 0 aliphatic heterocycles. The van der Waals surface area contributed by atoms with Crippen molar-refractivity contribution >= 4 is 34.7 Å². The molecule has 0 unspecified atom stereocenters. The van der Waals surface area contributed by atoms with Crippen molar-refractivity contribution in [3.63, 3.8) is 0 Å². The fourth-order valence-electron chi connectivity index (χ4n) is 1.87. The highest BCUT2D eigenvalue weighted by molar-refractivity contribution is 7.80. The Morgan fingerprint density at radius 3 is 2.39 bits per heavy atom. The Morgan fingerprint density at radius 2 is 1.78 bits per heavy atom. The topological polar surface area (TPSA) is 59.6 Å². The van der Waals surface area contributed by atoms with Crippen LogP contribution in [0.1, 0.15) is 10.4 Å². The van der Waals surface area contributed by atoms with E-state index >= 15 is 0 Å². The summed E-state index contributed by atoms with van der Waals surface area (Å²) in [5.41, 5.74) is 1.50. The van der Waals surface area contributed by atoms with Crippen LogP contribution in [-0.2, 0) is 4.74 Å². The van der Waals surface area contributed by atoms with Crippen LogP contribution in [0.4, 0.5) is 15.8 Å². The maximum Gasteiger partial charge on any atom is 0.337 e. The van der Waals surface area contributed by atoms with Crippen LogP contribution in [0.3, 0.4) is 0 Å². The van der Waals surface area contributed by atoms with E-state index in [2.05, 4.69) is 15.4 Å². The van der Waals surface area contributed by atoms with Crippen LogP contribution in [0.15, 0.2) is 42.5 Å². The number of hydrogen-bond acceptors (Lipinski definition) is 4. The van der Waals surface area contributed by atoms with Crippen LogP contribution in [0.5, 0.6) is 5.75 Å². The third-order valence-electron chi connectivity index (χ3n) is 2.97. The lowest BCUT2D eigenvalue weighted by atomic mass is 10.2. The van der Waals surface area contributed by atoms with E-state index < -0.39 is 5.97 Å². The molecule has 0 saturated carbocycles. The van der Waals surface area contributed by atoms with E-state index in [0.717, 1.165) is 0 Å². The van der Waals surface area contributed by atoms with E-state index in [0.29, 0.717) is 22.7 Å². The van der Waals surface area contributed by atoms with Gasteiger partial charge in [0.1, 0.15) is 11.6 Å². The first kappa shape index (κ1) is 16.7. The summed E-state index contributed by atoms with van der Waals surface area (Å²) in [5, 5.41) is 6.13. The van der Waals surface area contributed by atoms with E-state index in [1.165, 1.54) is 26.4 Å².